The summed E-state index contributed by atoms with van der Waals surface area (Å²) in [5.74, 6) is 1.30. The van der Waals surface area contributed by atoms with Crippen LogP contribution in [-0.2, 0) is 6.42 Å². The first-order valence-corrected chi connectivity index (χ1v) is 7.36. The highest BCUT2D eigenvalue weighted by atomic mass is 15.1. The summed E-state index contributed by atoms with van der Waals surface area (Å²) in [6.07, 6.45) is 9.10. The van der Waals surface area contributed by atoms with Crippen molar-refractivity contribution in [3.8, 4) is 0 Å². The molecule has 2 heteroatoms. The van der Waals surface area contributed by atoms with Gasteiger partial charge in [0.1, 0.15) is 5.82 Å². The van der Waals surface area contributed by atoms with E-state index in [1.165, 1.54) is 55.4 Å². The van der Waals surface area contributed by atoms with Crippen molar-refractivity contribution in [2.24, 2.45) is 0 Å². The van der Waals surface area contributed by atoms with Gasteiger partial charge in [0.2, 0.25) is 0 Å². The van der Waals surface area contributed by atoms with E-state index in [1.807, 2.05) is 0 Å². The Morgan fingerprint density at radius 1 is 1.17 bits per heavy atom. The first-order chi connectivity index (χ1) is 8.90. The van der Waals surface area contributed by atoms with Crippen molar-refractivity contribution >= 4 is 11.0 Å². The van der Waals surface area contributed by atoms with Gasteiger partial charge < -0.3 is 4.57 Å². The Hall–Kier alpha value is -1.31. The zero-order chi connectivity index (χ0) is 12.4. The maximum absolute atomic E-state index is 4.84. The molecule has 0 saturated heterocycles. The summed E-state index contributed by atoms with van der Waals surface area (Å²) in [6.45, 7) is 2.24. The van der Waals surface area contributed by atoms with Crippen molar-refractivity contribution in [1.82, 2.24) is 9.55 Å². The molecule has 0 atom stereocenters. The summed E-state index contributed by atoms with van der Waals surface area (Å²) in [4.78, 5) is 4.84. The molecule has 0 aliphatic heterocycles. The molecule has 0 amide bonds. The molecule has 1 heterocycles. The van der Waals surface area contributed by atoms with Gasteiger partial charge >= 0.3 is 0 Å². The smallest absolute Gasteiger partial charge is 0.110 e. The first-order valence-electron chi connectivity index (χ1n) is 7.36. The van der Waals surface area contributed by atoms with Gasteiger partial charge in [0.25, 0.3) is 0 Å². The van der Waals surface area contributed by atoms with E-state index < -0.39 is 0 Å². The van der Waals surface area contributed by atoms with Crippen LogP contribution in [0.25, 0.3) is 11.0 Å². The van der Waals surface area contributed by atoms with E-state index >= 15 is 0 Å². The van der Waals surface area contributed by atoms with Crippen LogP contribution in [0.1, 0.15) is 57.3 Å². The van der Waals surface area contributed by atoms with E-state index in [0.717, 1.165) is 6.42 Å². The molecule has 1 aliphatic rings. The lowest BCUT2D eigenvalue weighted by Crippen LogP contribution is -2.15. The summed E-state index contributed by atoms with van der Waals surface area (Å²) in [7, 11) is 0. The Bertz CT molecular complexity index is 521. The van der Waals surface area contributed by atoms with Gasteiger partial charge in [-0.3, -0.25) is 0 Å². The van der Waals surface area contributed by atoms with Crippen molar-refractivity contribution in [3.63, 3.8) is 0 Å². The topological polar surface area (TPSA) is 17.8 Å². The Morgan fingerprint density at radius 3 is 2.72 bits per heavy atom. The lowest BCUT2D eigenvalue weighted by Gasteiger charge is -2.25. The molecule has 2 nitrogen and oxygen atoms in total. The fourth-order valence-corrected chi connectivity index (χ4v) is 3.24. The van der Waals surface area contributed by atoms with Gasteiger partial charge in [-0.25, -0.2) is 4.98 Å². The van der Waals surface area contributed by atoms with Gasteiger partial charge in [-0.2, -0.15) is 0 Å². The van der Waals surface area contributed by atoms with Crippen molar-refractivity contribution in [3.05, 3.63) is 30.1 Å². The molecular formula is C16H22N2. The number of imidazole rings is 1. The molecule has 18 heavy (non-hydrogen) atoms. The molecule has 0 N–H and O–H groups in total. The molecule has 1 aromatic carbocycles. The minimum absolute atomic E-state index is 0.688. The van der Waals surface area contributed by atoms with E-state index in [1.54, 1.807) is 0 Å². The lowest BCUT2D eigenvalue weighted by molar-refractivity contribution is 0.352. The van der Waals surface area contributed by atoms with Gasteiger partial charge in [0, 0.05) is 12.5 Å². The molecule has 0 radical (unpaired) electrons. The molecule has 1 fully saturated rings. The molecule has 0 unspecified atom stereocenters. The Balaban J connectivity index is 2.07. The largest absolute Gasteiger partial charge is 0.325 e. The molecular weight excluding hydrogens is 220 g/mol. The van der Waals surface area contributed by atoms with Crippen LogP contribution in [0.5, 0.6) is 0 Å². The van der Waals surface area contributed by atoms with E-state index in [-0.39, 0.29) is 0 Å². The van der Waals surface area contributed by atoms with Crippen LogP contribution in [0.15, 0.2) is 24.3 Å². The van der Waals surface area contributed by atoms with E-state index in [4.69, 9.17) is 4.98 Å². The zero-order valence-corrected chi connectivity index (χ0v) is 11.2. The number of rotatable bonds is 3. The van der Waals surface area contributed by atoms with Crippen molar-refractivity contribution in [2.75, 3.05) is 0 Å². The van der Waals surface area contributed by atoms with Gasteiger partial charge in [-0.1, -0.05) is 38.3 Å². The standard InChI is InChI=1S/C16H22N2/c1-2-8-16-17-14-11-6-7-12-15(14)18(16)13-9-4-3-5-10-13/h6-7,11-13H,2-5,8-10H2,1H3. The Kier molecular flexibility index (Phi) is 3.35. The maximum atomic E-state index is 4.84. The van der Waals surface area contributed by atoms with Crippen LogP contribution < -0.4 is 0 Å². The Morgan fingerprint density at radius 2 is 1.94 bits per heavy atom. The van der Waals surface area contributed by atoms with Gasteiger partial charge in [0.05, 0.1) is 11.0 Å². The molecule has 0 bridgehead atoms. The van der Waals surface area contributed by atoms with Crippen molar-refractivity contribution < 1.29 is 0 Å². The highest BCUT2D eigenvalue weighted by Crippen LogP contribution is 2.32. The molecule has 0 spiro atoms. The fraction of sp³-hybridized carbons (Fsp3) is 0.562. The predicted octanol–water partition coefficient (Wildman–Crippen LogP) is 4.49. The number of aryl methyl sites for hydroxylation is 1. The molecule has 1 aromatic heterocycles. The number of para-hydroxylation sites is 2. The number of hydrogen-bond acceptors (Lipinski definition) is 1. The summed E-state index contributed by atoms with van der Waals surface area (Å²) >= 11 is 0. The summed E-state index contributed by atoms with van der Waals surface area (Å²) < 4.78 is 2.54. The molecule has 1 aliphatic carbocycles. The van der Waals surface area contributed by atoms with Crippen LogP contribution in [0.3, 0.4) is 0 Å². The fourth-order valence-electron chi connectivity index (χ4n) is 3.24. The number of aromatic nitrogens is 2. The third kappa shape index (κ3) is 2.05. The molecule has 1 saturated carbocycles. The van der Waals surface area contributed by atoms with Crippen molar-refractivity contribution in [1.29, 1.82) is 0 Å². The van der Waals surface area contributed by atoms with E-state index in [2.05, 4.69) is 35.8 Å². The van der Waals surface area contributed by atoms with Crippen LogP contribution in [-0.4, -0.2) is 9.55 Å². The maximum Gasteiger partial charge on any atom is 0.110 e. The van der Waals surface area contributed by atoms with Crippen LogP contribution >= 0.6 is 0 Å². The van der Waals surface area contributed by atoms with Crippen LogP contribution in [0, 0.1) is 0 Å². The van der Waals surface area contributed by atoms with Gasteiger partial charge in [0.15, 0.2) is 0 Å². The van der Waals surface area contributed by atoms with Crippen molar-refractivity contribution in [2.45, 2.75) is 57.9 Å². The SMILES string of the molecule is CCCc1nc2ccccc2n1C1CCCCC1. The average molecular weight is 242 g/mol. The zero-order valence-electron chi connectivity index (χ0n) is 11.2. The molecule has 96 valence electrons. The summed E-state index contributed by atoms with van der Waals surface area (Å²) in [5.41, 5.74) is 2.51. The summed E-state index contributed by atoms with van der Waals surface area (Å²) in [6, 6.07) is 9.30. The number of fused-ring (bicyclic) bond motifs is 1. The van der Waals surface area contributed by atoms with Gasteiger partial charge in [-0.05, 0) is 31.4 Å². The molecule has 2 aromatic rings. The highest BCUT2D eigenvalue weighted by molar-refractivity contribution is 5.76. The lowest BCUT2D eigenvalue weighted by atomic mass is 9.95. The normalized spacial score (nSPS) is 17.4. The van der Waals surface area contributed by atoms with Gasteiger partial charge in [-0.15, -0.1) is 0 Å². The minimum Gasteiger partial charge on any atom is -0.325 e. The second-order valence-corrected chi connectivity index (χ2v) is 5.43. The van der Waals surface area contributed by atoms with E-state index in [9.17, 15) is 0 Å². The Labute approximate surface area is 109 Å². The molecule has 3 rings (SSSR count). The quantitative estimate of drug-likeness (QED) is 0.775. The minimum atomic E-state index is 0.688. The van der Waals surface area contributed by atoms with Crippen LogP contribution in [0.4, 0.5) is 0 Å². The predicted molar refractivity (Wildman–Crippen MR) is 75.9 cm³/mol. The average Bonchev–Trinajstić information content (AvgIpc) is 2.78. The second kappa shape index (κ2) is 5.13. The number of nitrogens with zero attached hydrogens (tertiary/aromatic N) is 2. The van der Waals surface area contributed by atoms with Crippen LogP contribution in [0.2, 0.25) is 0 Å². The third-order valence-electron chi connectivity index (χ3n) is 4.08. The van der Waals surface area contributed by atoms with E-state index in [0.29, 0.717) is 6.04 Å². The first kappa shape index (κ1) is 11.8. The second-order valence-electron chi connectivity index (χ2n) is 5.43. The summed E-state index contributed by atoms with van der Waals surface area (Å²) in [5, 5.41) is 0. The highest BCUT2D eigenvalue weighted by Gasteiger charge is 2.20. The number of benzene rings is 1. The third-order valence-corrected chi connectivity index (χ3v) is 4.08. The monoisotopic (exact) mass is 242 g/mol. The number of hydrogen-bond donors (Lipinski definition) is 0.